The average molecular weight is 403 g/mol. The molecule has 2 aliphatic carbocycles. The average Bonchev–Trinajstić information content (AvgIpc) is 2.68. The second-order valence-electron chi connectivity index (χ2n) is 10.3. The van der Waals surface area contributed by atoms with Crippen LogP contribution in [0.2, 0.25) is 0 Å². The summed E-state index contributed by atoms with van der Waals surface area (Å²) in [6.45, 7) is 12.2. The fourth-order valence-electron chi connectivity index (χ4n) is 5.27. The van der Waals surface area contributed by atoms with E-state index < -0.39 is 0 Å². The summed E-state index contributed by atoms with van der Waals surface area (Å²) in [7, 11) is 0. The number of carbonyl (C=O) groups is 1. The summed E-state index contributed by atoms with van der Waals surface area (Å²) in [5, 5.41) is 2.34. The Morgan fingerprint density at radius 1 is 1.07 bits per heavy atom. The molecule has 0 aliphatic heterocycles. The first-order valence-corrected chi connectivity index (χ1v) is 11.4. The van der Waals surface area contributed by atoms with Gasteiger partial charge in [-0.15, -0.1) is 0 Å². The van der Waals surface area contributed by atoms with E-state index in [4.69, 9.17) is 4.74 Å². The van der Waals surface area contributed by atoms with Gasteiger partial charge in [0.05, 0.1) is 12.2 Å². The third kappa shape index (κ3) is 3.73. The Morgan fingerprint density at radius 3 is 2.60 bits per heavy atom. The smallest absolute Gasteiger partial charge is 0.153 e. The van der Waals surface area contributed by atoms with Crippen molar-refractivity contribution in [1.82, 2.24) is 0 Å². The molecule has 2 heteroatoms. The summed E-state index contributed by atoms with van der Waals surface area (Å²) < 4.78 is 6.07. The molecule has 0 heterocycles. The normalized spacial score (nSPS) is 18.8. The number of unbranched alkanes of at least 4 members (excludes halogenated alkanes) is 2. The van der Waals surface area contributed by atoms with Gasteiger partial charge in [0.2, 0.25) is 0 Å². The molecule has 30 heavy (non-hydrogen) atoms. The van der Waals surface area contributed by atoms with Crippen molar-refractivity contribution in [3.63, 3.8) is 0 Å². The molecule has 0 saturated carbocycles. The van der Waals surface area contributed by atoms with Crippen molar-refractivity contribution in [1.29, 1.82) is 0 Å². The van der Waals surface area contributed by atoms with Crippen LogP contribution in [0, 0.1) is 5.41 Å². The molecular weight excluding hydrogens is 368 g/mol. The molecular formula is C28H34O2. The lowest BCUT2D eigenvalue weighted by Gasteiger charge is -2.40. The van der Waals surface area contributed by atoms with Crippen LogP contribution in [0.1, 0.15) is 88.2 Å². The number of allylic oxidation sites excluding steroid dienone is 4. The lowest BCUT2D eigenvalue weighted by molar-refractivity contribution is 0.111. The van der Waals surface area contributed by atoms with Crippen LogP contribution in [-0.4, -0.2) is 12.9 Å². The number of aldehydes is 1. The zero-order valence-electron chi connectivity index (χ0n) is 19.1. The number of benzene rings is 2. The molecule has 2 nitrogen and oxygen atoms in total. The quantitative estimate of drug-likeness (QED) is 0.366. The van der Waals surface area contributed by atoms with Crippen LogP contribution in [0.15, 0.2) is 42.0 Å². The minimum absolute atomic E-state index is 0.0388. The molecule has 0 bridgehead atoms. The van der Waals surface area contributed by atoms with Crippen LogP contribution in [0.4, 0.5) is 0 Å². The van der Waals surface area contributed by atoms with Crippen LogP contribution in [0.25, 0.3) is 16.3 Å². The molecule has 0 amide bonds. The Hall–Kier alpha value is -2.35. The van der Waals surface area contributed by atoms with Crippen molar-refractivity contribution in [2.24, 2.45) is 5.41 Å². The third-order valence-corrected chi connectivity index (χ3v) is 6.66. The van der Waals surface area contributed by atoms with E-state index in [1.54, 1.807) is 5.57 Å². The highest BCUT2D eigenvalue weighted by molar-refractivity contribution is 5.99. The fourth-order valence-corrected chi connectivity index (χ4v) is 5.27. The number of hydrogen-bond acceptors (Lipinski definition) is 2. The maximum atomic E-state index is 11.7. The summed E-state index contributed by atoms with van der Waals surface area (Å²) >= 11 is 0. The van der Waals surface area contributed by atoms with Crippen molar-refractivity contribution in [2.45, 2.75) is 72.1 Å². The molecule has 0 N–H and O–H groups in total. The molecule has 0 unspecified atom stereocenters. The van der Waals surface area contributed by atoms with E-state index in [0.717, 1.165) is 49.5 Å². The van der Waals surface area contributed by atoms with Crippen LogP contribution < -0.4 is 4.74 Å². The Labute approximate surface area is 181 Å². The van der Waals surface area contributed by atoms with Crippen molar-refractivity contribution in [3.8, 4) is 5.75 Å². The van der Waals surface area contributed by atoms with Gasteiger partial charge in [0.1, 0.15) is 5.75 Å². The largest absolute Gasteiger partial charge is 0.493 e. The van der Waals surface area contributed by atoms with E-state index >= 15 is 0 Å². The molecule has 4 rings (SSSR count). The fraction of sp³-hybridized carbons (Fsp3) is 0.464. The van der Waals surface area contributed by atoms with Crippen molar-refractivity contribution in [2.75, 3.05) is 6.61 Å². The number of ether oxygens (including phenoxy) is 1. The minimum atomic E-state index is 0.0388. The maximum absolute atomic E-state index is 11.7. The van der Waals surface area contributed by atoms with Crippen molar-refractivity contribution >= 4 is 22.6 Å². The van der Waals surface area contributed by atoms with Gasteiger partial charge in [0.25, 0.3) is 0 Å². The standard InChI is InChI=1S/C28H34O2/c1-6-7-8-13-30-25-15-24-19(14-20(25)18-29)9-10-23-22-11-12-27(2,3)16-21(22)17-28(4,5)26(23)24/h9-12,14-15,18H,6-8,13,16-17H2,1-5H3. The summed E-state index contributed by atoms with van der Waals surface area (Å²) in [6.07, 6.45) is 11.1. The highest BCUT2D eigenvalue weighted by Crippen LogP contribution is 2.51. The minimum Gasteiger partial charge on any atom is -0.493 e. The van der Waals surface area contributed by atoms with E-state index in [2.05, 4.69) is 65.0 Å². The Balaban J connectivity index is 1.85. The van der Waals surface area contributed by atoms with Gasteiger partial charge in [-0.25, -0.2) is 0 Å². The van der Waals surface area contributed by atoms with Gasteiger partial charge in [0, 0.05) is 0 Å². The predicted octanol–water partition coefficient (Wildman–Crippen LogP) is 7.64. The van der Waals surface area contributed by atoms with E-state index in [1.165, 1.54) is 22.1 Å². The van der Waals surface area contributed by atoms with Gasteiger partial charge in [-0.2, -0.15) is 0 Å². The lowest BCUT2D eigenvalue weighted by atomic mass is 9.64. The topological polar surface area (TPSA) is 26.3 Å². The van der Waals surface area contributed by atoms with E-state index in [0.29, 0.717) is 12.2 Å². The van der Waals surface area contributed by atoms with Crippen LogP contribution >= 0.6 is 0 Å². The van der Waals surface area contributed by atoms with Gasteiger partial charge in [-0.05, 0) is 69.7 Å². The summed E-state index contributed by atoms with van der Waals surface area (Å²) in [5.74, 6) is 0.720. The second-order valence-corrected chi connectivity index (χ2v) is 10.3. The monoisotopic (exact) mass is 402 g/mol. The molecule has 2 aromatic rings. The van der Waals surface area contributed by atoms with Gasteiger partial charge in [0.15, 0.2) is 6.29 Å². The first-order valence-electron chi connectivity index (χ1n) is 11.4. The lowest BCUT2D eigenvalue weighted by Crippen LogP contribution is -2.28. The van der Waals surface area contributed by atoms with Gasteiger partial charge in [-0.1, -0.05) is 77.3 Å². The Bertz CT molecular complexity index is 1050. The molecule has 0 radical (unpaired) electrons. The molecule has 0 atom stereocenters. The third-order valence-electron chi connectivity index (χ3n) is 6.66. The molecule has 0 aromatic heterocycles. The molecule has 0 spiro atoms. The number of hydrogen-bond donors (Lipinski definition) is 0. The van der Waals surface area contributed by atoms with Gasteiger partial charge in [-0.3, -0.25) is 4.79 Å². The zero-order chi connectivity index (χ0) is 21.5. The van der Waals surface area contributed by atoms with Crippen molar-refractivity contribution < 1.29 is 9.53 Å². The molecule has 158 valence electrons. The highest BCUT2D eigenvalue weighted by atomic mass is 16.5. The maximum Gasteiger partial charge on any atom is 0.153 e. The highest BCUT2D eigenvalue weighted by Gasteiger charge is 2.36. The summed E-state index contributed by atoms with van der Waals surface area (Å²) in [4.78, 5) is 11.7. The molecule has 2 aliphatic rings. The van der Waals surface area contributed by atoms with Crippen LogP contribution in [0.3, 0.4) is 0 Å². The van der Waals surface area contributed by atoms with E-state index in [1.807, 2.05) is 6.07 Å². The Morgan fingerprint density at radius 2 is 1.87 bits per heavy atom. The van der Waals surface area contributed by atoms with Gasteiger partial charge >= 0.3 is 0 Å². The zero-order valence-corrected chi connectivity index (χ0v) is 19.1. The SMILES string of the molecule is CCCCCOc1cc2c3c(ccc2cc1C=O)C1=C(CC(C)(C)C=C1)CC3(C)C. The molecule has 0 saturated heterocycles. The van der Waals surface area contributed by atoms with Crippen LogP contribution in [-0.2, 0) is 5.41 Å². The predicted molar refractivity (Wildman–Crippen MR) is 126 cm³/mol. The molecule has 0 fully saturated rings. The number of fused-ring (bicyclic) bond motifs is 4. The molecule has 2 aromatic carbocycles. The summed E-state index contributed by atoms with van der Waals surface area (Å²) in [6, 6.07) is 8.54. The number of rotatable bonds is 6. The second kappa shape index (κ2) is 7.72. The first-order chi connectivity index (χ1) is 14.3. The van der Waals surface area contributed by atoms with E-state index in [9.17, 15) is 4.79 Å². The van der Waals surface area contributed by atoms with Gasteiger partial charge < -0.3 is 4.74 Å². The summed E-state index contributed by atoms with van der Waals surface area (Å²) in [5.41, 5.74) is 6.61. The van der Waals surface area contributed by atoms with Crippen LogP contribution in [0.5, 0.6) is 5.75 Å². The Kier molecular flexibility index (Phi) is 5.38. The first kappa shape index (κ1) is 20.9. The number of carbonyl (C=O) groups excluding carboxylic acids is 1. The van der Waals surface area contributed by atoms with E-state index in [-0.39, 0.29) is 10.8 Å². The van der Waals surface area contributed by atoms with Crippen molar-refractivity contribution in [3.05, 3.63) is 58.7 Å².